The van der Waals surface area contributed by atoms with Crippen molar-refractivity contribution in [1.29, 1.82) is 0 Å². The van der Waals surface area contributed by atoms with Crippen molar-refractivity contribution < 1.29 is 19.5 Å². The van der Waals surface area contributed by atoms with Crippen molar-refractivity contribution in [3.63, 3.8) is 0 Å². The predicted octanol–water partition coefficient (Wildman–Crippen LogP) is 3.51. The van der Waals surface area contributed by atoms with Gasteiger partial charge in [0.15, 0.2) is 11.5 Å². The number of carboxylic acids is 1. The maximum Gasteiger partial charge on any atom is 0.303 e. The summed E-state index contributed by atoms with van der Waals surface area (Å²) in [6.45, 7) is 0. The minimum atomic E-state index is -0.808. The van der Waals surface area contributed by atoms with E-state index in [2.05, 4.69) is 0 Å². The zero-order valence-corrected chi connectivity index (χ0v) is 11.6. The first-order valence-electron chi connectivity index (χ1n) is 6.65. The number of anilines is 2. The molecule has 0 amide bonds. The largest absolute Gasteiger partial charge is 0.481 e. The predicted molar refractivity (Wildman–Crippen MR) is 78.1 cm³/mol. The van der Waals surface area contributed by atoms with Gasteiger partial charge in [-0.05, 0) is 36.2 Å². The lowest BCUT2D eigenvalue weighted by Crippen LogP contribution is -2.19. The van der Waals surface area contributed by atoms with E-state index in [1.807, 2.05) is 42.5 Å². The van der Waals surface area contributed by atoms with Gasteiger partial charge in [-0.15, -0.1) is 0 Å². The van der Waals surface area contributed by atoms with Crippen LogP contribution in [0.1, 0.15) is 12.0 Å². The van der Waals surface area contributed by atoms with E-state index in [1.165, 1.54) is 0 Å². The molecular formula is C16H15NO4. The third-order valence-corrected chi connectivity index (χ3v) is 3.36. The lowest BCUT2D eigenvalue weighted by molar-refractivity contribution is -0.136. The molecule has 21 heavy (non-hydrogen) atoms. The number of rotatable bonds is 4. The first kappa shape index (κ1) is 13.5. The Morgan fingerprint density at radius 1 is 1.19 bits per heavy atom. The molecule has 108 valence electrons. The molecule has 1 N–H and O–H groups in total. The molecular weight excluding hydrogens is 270 g/mol. The standard InChI is InChI=1S/C16H15NO4/c1-20-17-12-4-2-3-5-14(12)21-15-10-11(6-8-13(15)17)7-9-16(18)19/h2-6,8,10H,7,9H2,1H3,(H,18,19). The Morgan fingerprint density at radius 2 is 1.95 bits per heavy atom. The van der Waals surface area contributed by atoms with Crippen molar-refractivity contribution in [3.05, 3.63) is 48.0 Å². The van der Waals surface area contributed by atoms with E-state index < -0.39 is 5.97 Å². The van der Waals surface area contributed by atoms with Gasteiger partial charge in [0, 0.05) is 6.42 Å². The summed E-state index contributed by atoms with van der Waals surface area (Å²) in [4.78, 5) is 16.1. The Kier molecular flexibility index (Phi) is 3.50. The number of aliphatic carboxylic acids is 1. The number of nitrogens with zero attached hydrogens (tertiary/aromatic N) is 1. The van der Waals surface area contributed by atoms with Crippen molar-refractivity contribution >= 4 is 17.3 Å². The van der Waals surface area contributed by atoms with Crippen molar-refractivity contribution in [1.82, 2.24) is 0 Å². The zero-order chi connectivity index (χ0) is 14.8. The van der Waals surface area contributed by atoms with Crippen LogP contribution in [0, 0.1) is 0 Å². The Balaban J connectivity index is 1.95. The summed E-state index contributed by atoms with van der Waals surface area (Å²) < 4.78 is 5.89. The highest BCUT2D eigenvalue weighted by atomic mass is 16.7. The Hall–Kier alpha value is -2.53. The monoisotopic (exact) mass is 285 g/mol. The van der Waals surface area contributed by atoms with Crippen LogP contribution < -0.4 is 9.80 Å². The van der Waals surface area contributed by atoms with Gasteiger partial charge >= 0.3 is 5.97 Å². The fourth-order valence-corrected chi connectivity index (χ4v) is 2.37. The highest BCUT2D eigenvalue weighted by Gasteiger charge is 2.24. The number of fused-ring (bicyclic) bond motifs is 2. The van der Waals surface area contributed by atoms with E-state index >= 15 is 0 Å². The van der Waals surface area contributed by atoms with Gasteiger partial charge in [-0.1, -0.05) is 18.2 Å². The molecule has 1 aliphatic heterocycles. The number of carbonyl (C=O) groups is 1. The van der Waals surface area contributed by atoms with Crippen LogP contribution in [0.3, 0.4) is 0 Å². The molecule has 0 spiro atoms. The average Bonchev–Trinajstić information content (AvgIpc) is 2.50. The molecule has 5 heteroatoms. The minimum absolute atomic E-state index is 0.101. The van der Waals surface area contributed by atoms with Crippen LogP contribution >= 0.6 is 0 Å². The number of ether oxygens (including phenoxy) is 1. The number of para-hydroxylation sites is 2. The highest BCUT2D eigenvalue weighted by molar-refractivity contribution is 5.76. The van der Waals surface area contributed by atoms with E-state index in [0.29, 0.717) is 17.9 Å². The molecule has 0 bridgehead atoms. The second-order valence-electron chi connectivity index (χ2n) is 4.74. The SMILES string of the molecule is CON1c2ccccc2Oc2cc(CCC(=O)O)ccc21. The first-order valence-corrected chi connectivity index (χ1v) is 6.65. The average molecular weight is 285 g/mol. The van der Waals surface area contributed by atoms with E-state index in [9.17, 15) is 4.79 Å². The van der Waals surface area contributed by atoms with Gasteiger partial charge in [0.1, 0.15) is 11.4 Å². The summed E-state index contributed by atoms with van der Waals surface area (Å²) in [6, 6.07) is 13.2. The maximum atomic E-state index is 10.7. The summed E-state index contributed by atoms with van der Waals surface area (Å²) in [5.41, 5.74) is 2.56. The molecule has 5 nitrogen and oxygen atoms in total. The van der Waals surface area contributed by atoms with Crippen LogP contribution in [0.5, 0.6) is 11.5 Å². The third-order valence-electron chi connectivity index (χ3n) is 3.36. The Morgan fingerprint density at radius 3 is 2.71 bits per heavy atom. The molecule has 0 saturated heterocycles. The number of carboxylic acid groups (broad SMARTS) is 1. The molecule has 2 aromatic carbocycles. The number of hydrogen-bond donors (Lipinski definition) is 1. The third kappa shape index (κ3) is 2.55. The molecule has 3 rings (SSSR count). The molecule has 0 unspecified atom stereocenters. The number of benzene rings is 2. The number of aryl methyl sites for hydroxylation is 1. The van der Waals surface area contributed by atoms with Crippen molar-refractivity contribution in [2.45, 2.75) is 12.8 Å². The van der Waals surface area contributed by atoms with Crippen LogP contribution in [-0.4, -0.2) is 18.2 Å². The van der Waals surface area contributed by atoms with Crippen molar-refractivity contribution in [2.24, 2.45) is 0 Å². The second-order valence-corrected chi connectivity index (χ2v) is 4.74. The van der Waals surface area contributed by atoms with Crippen molar-refractivity contribution in [3.8, 4) is 11.5 Å². The summed E-state index contributed by atoms with van der Waals surface area (Å²) in [6.07, 6.45) is 0.573. The summed E-state index contributed by atoms with van der Waals surface area (Å²) in [5, 5.41) is 10.5. The molecule has 0 radical (unpaired) electrons. The van der Waals surface area contributed by atoms with Gasteiger partial charge in [0.2, 0.25) is 0 Å². The highest BCUT2D eigenvalue weighted by Crippen LogP contribution is 2.46. The van der Waals surface area contributed by atoms with Crippen LogP contribution in [0.4, 0.5) is 11.4 Å². The molecule has 0 saturated carbocycles. The normalized spacial score (nSPS) is 12.3. The van der Waals surface area contributed by atoms with E-state index in [-0.39, 0.29) is 6.42 Å². The van der Waals surface area contributed by atoms with Crippen molar-refractivity contribution in [2.75, 3.05) is 12.2 Å². The van der Waals surface area contributed by atoms with E-state index in [1.54, 1.807) is 12.2 Å². The molecule has 2 aromatic rings. The van der Waals surface area contributed by atoms with Gasteiger partial charge in [-0.3, -0.25) is 9.63 Å². The second kappa shape index (κ2) is 5.46. The summed E-state index contributed by atoms with van der Waals surface area (Å²) in [7, 11) is 1.60. The minimum Gasteiger partial charge on any atom is -0.481 e. The van der Waals surface area contributed by atoms with Gasteiger partial charge in [-0.25, -0.2) is 5.06 Å². The summed E-state index contributed by atoms with van der Waals surface area (Å²) >= 11 is 0. The quantitative estimate of drug-likeness (QED) is 0.931. The molecule has 0 fully saturated rings. The Labute approximate surface area is 122 Å². The Bertz CT molecular complexity index is 684. The van der Waals surface area contributed by atoms with Gasteiger partial charge in [0.25, 0.3) is 0 Å². The van der Waals surface area contributed by atoms with E-state index in [0.717, 1.165) is 16.9 Å². The molecule has 1 aliphatic rings. The molecule has 0 aromatic heterocycles. The maximum absolute atomic E-state index is 10.7. The molecule has 1 heterocycles. The van der Waals surface area contributed by atoms with Crippen LogP contribution in [0.15, 0.2) is 42.5 Å². The topological polar surface area (TPSA) is 59.0 Å². The fraction of sp³-hybridized carbons (Fsp3) is 0.188. The lowest BCUT2D eigenvalue weighted by Gasteiger charge is -2.30. The van der Waals surface area contributed by atoms with E-state index in [4.69, 9.17) is 14.7 Å². The fourth-order valence-electron chi connectivity index (χ4n) is 2.37. The zero-order valence-electron chi connectivity index (χ0n) is 11.6. The molecule has 0 atom stereocenters. The van der Waals surface area contributed by atoms with Gasteiger partial charge in [-0.2, -0.15) is 0 Å². The number of hydrogen-bond acceptors (Lipinski definition) is 4. The lowest BCUT2D eigenvalue weighted by atomic mass is 10.1. The summed E-state index contributed by atoms with van der Waals surface area (Å²) in [5.74, 6) is 0.568. The van der Waals surface area contributed by atoms with Gasteiger partial charge < -0.3 is 9.84 Å². The van der Waals surface area contributed by atoms with Crippen LogP contribution in [0.25, 0.3) is 0 Å². The van der Waals surface area contributed by atoms with Gasteiger partial charge in [0.05, 0.1) is 7.11 Å². The van der Waals surface area contributed by atoms with Crippen LogP contribution in [0.2, 0.25) is 0 Å². The first-order chi connectivity index (χ1) is 10.2. The molecule has 0 aliphatic carbocycles. The smallest absolute Gasteiger partial charge is 0.303 e. The van der Waals surface area contributed by atoms with Crippen LogP contribution in [-0.2, 0) is 16.1 Å².